The maximum absolute atomic E-state index is 4.56. The average molecular weight is 1230 g/mol. The minimum Gasteiger partial charge on any atom is -0.416 e. The Morgan fingerprint density at radius 1 is 0.448 bits per heavy atom. The molecule has 0 N–H and O–H groups in total. The van der Waals surface area contributed by atoms with E-state index in [4.69, 9.17) is 0 Å². The first-order valence-corrected chi connectivity index (χ1v) is 21.3. The number of aromatic nitrogens is 8. The SMILES string of the molecule is CC(C)(C)c1c[c-]c2c(c1)c1ccccc1c1nccnc21.CN(C)c1c[c-]c2c(c1)c1ccccc1c1nccnc21.[Ir].[Ir].[c-]1ccccc1-n1cccn1.[c-]1ccccc1-n1cccn1. The molecule has 0 unspecified atom stereocenters. The van der Waals surface area contributed by atoms with Crippen LogP contribution in [-0.4, -0.2) is 53.6 Å². The van der Waals surface area contributed by atoms with E-state index in [1.165, 1.54) is 27.1 Å². The largest absolute Gasteiger partial charge is 0.416 e. The van der Waals surface area contributed by atoms with E-state index in [0.29, 0.717) is 0 Å². The van der Waals surface area contributed by atoms with E-state index in [-0.39, 0.29) is 45.6 Å². The topological polar surface area (TPSA) is 90.4 Å². The molecule has 0 fully saturated rings. The third-order valence-corrected chi connectivity index (χ3v) is 11.0. The predicted octanol–water partition coefficient (Wildman–Crippen LogP) is 12.2. The molecule has 4 heterocycles. The Labute approximate surface area is 417 Å². The second kappa shape index (κ2) is 21.5. The second-order valence-corrected chi connectivity index (χ2v) is 16.5. The molecule has 0 aliphatic carbocycles. The Hall–Kier alpha value is -7.00. The van der Waals surface area contributed by atoms with Crippen molar-refractivity contribution >= 4 is 70.8 Å². The predicted molar refractivity (Wildman–Crippen MR) is 265 cm³/mol. The molecule has 0 aliphatic heterocycles. The summed E-state index contributed by atoms with van der Waals surface area (Å²) in [4.78, 5) is 20.2. The summed E-state index contributed by atoms with van der Waals surface area (Å²) >= 11 is 0. The number of fused-ring (bicyclic) bond motifs is 12. The van der Waals surface area contributed by atoms with Gasteiger partial charge in [0.05, 0.1) is 11.0 Å². The monoisotopic (exact) mass is 1230 g/mol. The molecular weight excluding hydrogens is 1180 g/mol. The first-order chi connectivity index (χ1) is 31.7. The molecule has 12 rings (SSSR count). The van der Waals surface area contributed by atoms with Crippen molar-refractivity contribution in [2.24, 2.45) is 0 Å². The number of benzene rings is 8. The fourth-order valence-electron chi connectivity index (χ4n) is 7.65. The zero-order valence-corrected chi connectivity index (χ0v) is 42.3. The number of anilines is 1. The van der Waals surface area contributed by atoms with E-state index in [1.807, 2.05) is 99.3 Å². The van der Waals surface area contributed by atoms with Crippen molar-refractivity contribution in [3.05, 3.63) is 213 Å². The molecule has 11 heteroatoms. The van der Waals surface area contributed by atoms with Gasteiger partial charge in [0.25, 0.3) is 0 Å². The first-order valence-electron chi connectivity index (χ1n) is 21.3. The van der Waals surface area contributed by atoms with Gasteiger partial charge in [-0.3, -0.25) is 19.3 Å². The molecule has 336 valence electrons. The van der Waals surface area contributed by atoms with Crippen molar-refractivity contribution in [1.82, 2.24) is 39.5 Å². The molecule has 12 aromatic rings. The summed E-state index contributed by atoms with van der Waals surface area (Å²) in [7, 11) is 4.08. The van der Waals surface area contributed by atoms with Crippen LogP contribution in [0.1, 0.15) is 26.3 Å². The third-order valence-electron chi connectivity index (χ3n) is 11.0. The summed E-state index contributed by atoms with van der Waals surface area (Å²) in [6.45, 7) is 6.68. The molecule has 4 aromatic heterocycles. The van der Waals surface area contributed by atoms with Crippen molar-refractivity contribution < 1.29 is 40.2 Å². The minimum atomic E-state index is 0. The van der Waals surface area contributed by atoms with Crippen LogP contribution in [0.5, 0.6) is 0 Å². The zero-order chi connectivity index (χ0) is 44.8. The maximum Gasteiger partial charge on any atom is 0.0545 e. The van der Waals surface area contributed by atoms with Crippen LogP contribution in [0.15, 0.2) is 183 Å². The molecule has 0 atom stereocenters. The molecule has 8 aromatic carbocycles. The fraction of sp³-hybridized carbons (Fsp3) is 0.107. The van der Waals surface area contributed by atoms with Crippen LogP contribution >= 0.6 is 0 Å². The Bertz CT molecular complexity index is 3360. The Balaban J connectivity index is 0.000000137. The van der Waals surface area contributed by atoms with Gasteiger partial charge in [0.1, 0.15) is 0 Å². The quantitative estimate of drug-likeness (QED) is 0.129. The van der Waals surface area contributed by atoms with Crippen LogP contribution in [0, 0.1) is 24.3 Å². The van der Waals surface area contributed by atoms with Gasteiger partial charge in [-0.15, -0.1) is 64.9 Å². The molecule has 0 amide bonds. The summed E-state index contributed by atoms with van der Waals surface area (Å²) in [6.07, 6.45) is 14.3. The van der Waals surface area contributed by atoms with Crippen LogP contribution in [0.2, 0.25) is 0 Å². The third kappa shape index (κ3) is 10.5. The molecule has 2 radical (unpaired) electrons. The van der Waals surface area contributed by atoms with E-state index in [2.05, 4.69) is 141 Å². The minimum absolute atomic E-state index is 0. The maximum atomic E-state index is 4.56. The molecule has 0 saturated heterocycles. The van der Waals surface area contributed by atoms with Crippen molar-refractivity contribution in [2.75, 3.05) is 19.0 Å². The van der Waals surface area contributed by atoms with Crippen molar-refractivity contribution in [1.29, 1.82) is 0 Å². The molecule has 0 bridgehead atoms. The van der Waals surface area contributed by atoms with E-state index < -0.39 is 0 Å². The molecule has 0 saturated carbocycles. The number of hydrogen-bond acceptors (Lipinski definition) is 7. The zero-order valence-electron chi connectivity index (χ0n) is 37.5. The Morgan fingerprint density at radius 2 is 0.881 bits per heavy atom. The van der Waals surface area contributed by atoms with Crippen molar-refractivity contribution in [3.8, 4) is 11.4 Å². The van der Waals surface area contributed by atoms with Gasteiger partial charge in [-0.1, -0.05) is 90.8 Å². The smallest absolute Gasteiger partial charge is 0.0545 e. The second-order valence-electron chi connectivity index (χ2n) is 16.5. The van der Waals surface area contributed by atoms with Gasteiger partial charge in [-0.25, -0.2) is 0 Å². The molecule has 0 spiro atoms. The van der Waals surface area contributed by atoms with E-state index in [1.54, 1.807) is 46.5 Å². The van der Waals surface area contributed by atoms with Gasteiger partial charge in [-0.05, 0) is 59.5 Å². The fourth-order valence-corrected chi connectivity index (χ4v) is 7.65. The Morgan fingerprint density at radius 3 is 1.30 bits per heavy atom. The standard InChI is InChI=1S/C20H17N2.C18H14N3.2C9H7N2.2Ir/c1-20(2,3)13-8-9-16-17(12-13)14-6-4-5-7-15(14)18-19(16)22-11-10-21-18;1-21(2)12-7-8-15-16(11-12)13-5-3-4-6-14(13)17-18(15)20-10-9-19-17;2*1-2-5-9(6-3-1)11-8-4-7-10-11;;/h4-8,10-12H,1-3H3;3-7,9-11H,1-2H3;2*1-5,7-8H;;/q4*-1;;. The van der Waals surface area contributed by atoms with Gasteiger partial charge in [0.2, 0.25) is 0 Å². The molecule has 0 aliphatic rings. The molecular formula is C56H45Ir2N9-4. The van der Waals surface area contributed by atoms with Gasteiger partial charge in [0, 0.05) is 101 Å². The normalized spacial score (nSPS) is 10.8. The van der Waals surface area contributed by atoms with Crippen LogP contribution in [0.25, 0.3) is 76.5 Å². The summed E-state index contributed by atoms with van der Waals surface area (Å²) in [5, 5.41) is 17.3. The Kier molecular flexibility index (Phi) is 15.4. The number of hydrogen-bond donors (Lipinski definition) is 0. The van der Waals surface area contributed by atoms with E-state index >= 15 is 0 Å². The average Bonchev–Trinajstić information content (AvgIpc) is 4.12. The molecule has 67 heavy (non-hydrogen) atoms. The summed E-state index contributed by atoms with van der Waals surface area (Å²) in [5.74, 6) is 0. The van der Waals surface area contributed by atoms with Gasteiger partial charge in [-0.2, -0.15) is 58.7 Å². The number of para-hydroxylation sites is 2. The number of nitrogens with zero attached hydrogens (tertiary/aromatic N) is 9. The van der Waals surface area contributed by atoms with Crippen LogP contribution in [-0.2, 0) is 45.6 Å². The van der Waals surface area contributed by atoms with Crippen molar-refractivity contribution in [3.63, 3.8) is 0 Å². The van der Waals surface area contributed by atoms with E-state index in [9.17, 15) is 0 Å². The summed E-state index contributed by atoms with van der Waals surface area (Å²) in [5.41, 5.74) is 8.19. The van der Waals surface area contributed by atoms with Gasteiger partial charge < -0.3 is 14.9 Å². The first kappa shape index (κ1) is 47.9. The van der Waals surface area contributed by atoms with Gasteiger partial charge >= 0.3 is 0 Å². The van der Waals surface area contributed by atoms with Crippen molar-refractivity contribution in [2.45, 2.75) is 26.2 Å². The van der Waals surface area contributed by atoms with Crippen LogP contribution < -0.4 is 4.90 Å². The van der Waals surface area contributed by atoms with E-state index in [0.717, 1.165) is 60.7 Å². The van der Waals surface area contributed by atoms with Crippen LogP contribution in [0.4, 0.5) is 5.69 Å². The summed E-state index contributed by atoms with van der Waals surface area (Å²) < 4.78 is 3.56. The van der Waals surface area contributed by atoms with Crippen LogP contribution in [0.3, 0.4) is 0 Å². The molecule has 9 nitrogen and oxygen atoms in total. The number of rotatable bonds is 3. The summed E-state index contributed by atoms with van der Waals surface area (Å²) in [6, 6.07) is 57.6. The van der Waals surface area contributed by atoms with Gasteiger partial charge in [0.15, 0.2) is 0 Å².